The van der Waals surface area contributed by atoms with Gasteiger partial charge in [0.05, 0.1) is 9.21 Å². The van der Waals surface area contributed by atoms with Gasteiger partial charge in [-0.25, -0.2) is 0 Å². The Kier molecular flexibility index (Phi) is 5.42. The fourth-order valence-corrected chi connectivity index (χ4v) is 4.97. The van der Waals surface area contributed by atoms with Crippen LogP contribution in [0.5, 0.6) is 0 Å². The Bertz CT molecular complexity index is 916. The van der Waals surface area contributed by atoms with Gasteiger partial charge in [-0.15, -0.1) is 11.3 Å². The molecule has 148 valence electrons. The molecule has 8 heteroatoms. The number of rotatable bonds is 5. The molecule has 2 N–H and O–H groups in total. The number of nitrogens with zero attached hydrogens (tertiary/aromatic N) is 2. The van der Waals surface area contributed by atoms with Gasteiger partial charge >= 0.3 is 0 Å². The highest BCUT2D eigenvalue weighted by atomic mass is 35.5. The van der Waals surface area contributed by atoms with Crippen molar-refractivity contribution in [2.75, 3.05) is 25.5 Å². The van der Waals surface area contributed by atoms with Gasteiger partial charge in [0.15, 0.2) is 6.23 Å². The molecular weight excluding hydrogens is 398 g/mol. The smallest absolute Gasteiger partial charge is 0.265 e. The number of hydrogen-bond acceptors (Lipinski definition) is 5. The van der Waals surface area contributed by atoms with Crippen LogP contribution in [0.25, 0.3) is 0 Å². The van der Waals surface area contributed by atoms with E-state index in [0.717, 1.165) is 19.4 Å². The lowest BCUT2D eigenvalue weighted by atomic mass is 10.1. The van der Waals surface area contributed by atoms with Crippen LogP contribution in [0.3, 0.4) is 0 Å². The third kappa shape index (κ3) is 3.55. The minimum Gasteiger partial charge on any atom is -0.369 e. The lowest BCUT2D eigenvalue weighted by Gasteiger charge is -2.25. The molecule has 0 spiro atoms. The molecule has 3 heterocycles. The molecule has 28 heavy (non-hydrogen) atoms. The maximum Gasteiger partial charge on any atom is 0.265 e. The minimum absolute atomic E-state index is 0.196. The van der Waals surface area contributed by atoms with E-state index >= 15 is 0 Å². The third-order valence-corrected chi connectivity index (χ3v) is 6.80. The number of amides is 2. The lowest BCUT2D eigenvalue weighted by Crippen LogP contribution is -2.34. The van der Waals surface area contributed by atoms with E-state index < -0.39 is 6.23 Å². The second-order valence-electron chi connectivity index (χ2n) is 7.26. The third-order valence-electron chi connectivity index (χ3n) is 5.57. The number of nitrogens with one attached hydrogen (secondary N) is 1. The Balaban J connectivity index is 1.52. The summed E-state index contributed by atoms with van der Waals surface area (Å²) < 4.78 is 0.529. The molecule has 0 bridgehead atoms. The number of thiophene rings is 1. The van der Waals surface area contributed by atoms with Gasteiger partial charge in [0, 0.05) is 29.4 Å². The number of carbonyl (C=O) groups is 2. The van der Waals surface area contributed by atoms with Crippen molar-refractivity contribution in [1.82, 2.24) is 9.80 Å². The first-order chi connectivity index (χ1) is 13.5. The molecule has 2 aliphatic heterocycles. The van der Waals surface area contributed by atoms with Gasteiger partial charge in [-0.1, -0.05) is 17.7 Å². The Morgan fingerprint density at radius 1 is 1.36 bits per heavy atom. The van der Waals surface area contributed by atoms with E-state index in [1.165, 1.54) is 22.7 Å². The molecule has 0 radical (unpaired) electrons. The van der Waals surface area contributed by atoms with Crippen molar-refractivity contribution in [2.24, 2.45) is 0 Å². The zero-order valence-electron chi connectivity index (χ0n) is 15.5. The highest BCUT2D eigenvalue weighted by molar-refractivity contribution is 7.18. The number of benzene rings is 1. The van der Waals surface area contributed by atoms with Crippen LogP contribution in [0, 0.1) is 0 Å². The van der Waals surface area contributed by atoms with Crippen LogP contribution in [-0.2, 0) is 0 Å². The van der Waals surface area contributed by atoms with Crippen molar-refractivity contribution in [3.05, 3.63) is 50.7 Å². The molecule has 2 amide bonds. The van der Waals surface area contributed by atoms with Crippen LogP contribution >= 0.6 is 22.9 Å². The normalized spacial score (nSPS) is 22.0. The first kappa shape index (κ1) is 19.4. The summed E-state index contributed by atoms with van der Waals surface area (Å²) in [5, 5.41) is 13.7. The van der Waals surface area contributed by atoms with Gasteiger partial charge in [-0.2, -0.15) is 0 Å². The Morgan fingerprint density at radius 2 is 2.18 bits per heavy atom. The fraction of sp³-hybridized carbons (Fsp3) is 0.400. The van der Waals surface area contributed by atoms with E-state index in [1.54, 1.807) is 30.3 Å². The molecule has 1 aromatic carbocycles. The zero-order valence-corrected chi connectivity index (χ0v) is 17.1. The molecule has 1 fully saturated rings. The predicted molar refractivity (Wildman–Crippen MR) is 110 cm³/mol. The average Bonchev–Trinajstić information content (AvgIpc) is 3.34. The van der Waals surface area contributed by atoms with Crippen molar-refractivity contribution in [2.45, 2.75) is 31.5 Å². The average molecular weight is 420 g/mol. The molecular formula is C20H22ClN3O3S. The Labute approximate surface area is 172 Å². The predicted octanol–water partition coefficient (Wildman–Crippen LogP) is 3.58. The molecule has 2 aromatic rings. The van der Waals surface area contributed by atoms with E-state index in [-0.39, 0.29) is 11.8 Å². The highest BCUT2D eigenvalue weighted by Gasteiger charge is 2.38. The highest BCUT2D eigenvalue weighted by Crippen LogP contribution is 2.38. The van der Waals surface area contributed by atoms with Crippen molar-refractivity contribution in [3.8, 4) is 0 Å². The number of likely N-dealkylation sites (tertiary alicyclic amines) is 1. The molecule has 0 saturated carbocycles. The van der Waals surface area contributed by atoms with E-state index in [0.29, 0.717) is 38.6 Å². The standard InChI is InChI=1S/C20H22ClN3O3S/c1-23-10-3-4-12(23)9-11-24-19(26)13-5-2-6-14(17(13)20(24)27)22-18(25)15-7-8-16(21)28-15/h2,5-8,12,20,27H,3-4,9-11H2,1H3,(H,22,25). The van der Waals surface area contributed by atoms with Crippen molar-refractivity contribution < 1.29 is 14.7 Å². The number of halogens is 1. The number of fused-ring (bicyclic) bond motifs is 1. The molecule has 1 aromatic heterocycles. The van der Waals surface area contributed by atoms with Gasteiger partial charge in [0.1, 0.15) is 0 Å². The van der Waals surface area contributed by atoms with E-state index in [1.807, 2.05) is 0 Å². The Morgan fingerprint density at radius 3 is 2.86 bits per heavy atom. The van der Waals surface area contributed by atoms with Crippen LogP contribution in [0.2, 0.25) is 4.34 Å². The monoisotopic (exact) mass is 419 g/mol. The molecule has 1 saturated heterocycles. The molecule has 4 rings (SSSR count). The molecule has 6 nitrogen and oxygen atoms in total. The minimum atomic E-state index is -1.06. The summed E-state index contributed by atoms with van der Waals surface area (Å²) in [4.78, 5) is 29.6. The van der Waals surface area contributed by atoms with Crippen LogP contribution in [0.15, 0.2) is 30.3 Å². The second kappa shape index (κ2) is 7.83. The number of aliphatic hydroxyl groups is 1. The Hall–Kier alpha value is -1.93. The van der Waals surface area contributed by atoms with Gasteiger partial charge in [-0.05, 0) is 57.1 Å². The van der Waals surface area contributed by atoms with Crippen molar-refractivity contribution in [3.63, 3.8) is 0 Å². The molecule has 2 aliphatic rings. The largest absolute Gasteiger partial charge is 0.369 e. The summed E-state index contributed by atoms with van der Waals surface area (Å²) in [5.74, 6) is -0.505. The maximum absolute atomic E-state index is 12.8. The van der Waals surface area contributed by atoms with Crippen LogP contribution in [-0.4, -0.2) is 52.9 Å². The van der Waals surface area contributed by atoms with Gasteiger partial charge in [-0.3, -0.25) is 9.59 Å². The van der Waals surface area contributed by atoms with Crippen molar-refractivity contribution >= 4 is 40.4 Å². The molecule has 2 atom stereocenters. The summed E-state index contributed by atoms with van der Waals surface area (Å²) in [7, 11) is 2.10. The summed E-state index contributed by atoms with van der Waals surface area (Å²) in [6.45, 7) is 1.56. The number of carbonyl (C=O) groups excluding carboxylic acids is 2. The summed E-state index contributed by atoms with van der Waals surface area (Å²) in [6.07, 6.45) is 2.05. The SMILES string of the molecule is CN1CCCC1CCN1C(=O)c2cccc(NC(=O)c3ccc(Cl)s3)c2C1O. The van der Waals surface area contributed by atoms with Crippen molar-refractivity contribution in [1.29, 1.82) is 0 Å². The lowest BCUT2D eigenvalue weighted by molar-refractivity contribution is 0.0152. The second-order valence-corrected chi connectivity index (χ2v) is 8.98. The fourth-order valence-electron chi connectivity index (χ4n) is 4.04. The number of anilines is 1. The van der Waals surface area contributed by atoms with Gasteiger partial charge in [0.25, 0.3) is 11.8 Å². The van der Waals surface area contributed by atoms with E-state index in [4.69, 9.17) is 11.6 Å². The maximum atomic E-state index is 12.8. The van der Waals surface area contributed by atoms with Crippen LogP contribution in [0.4, 0.5) is 5.69 Å². The quantitative estimate of drug-likeness (QED) is 0.776. The van der Waals surface area contributed by atoms with Crippen LogP contribution in [0.1, 0.15) is 51.1 Å². The molecule has 0 aliphatic carbocycles. The summed E-state index contributed by atoms with van der Waals surface area (Å²) in [6, 6.07) is 8.87. The zero-order chi connectivity index (χ0) is 19.8. The van der Waals surface area contributed by atoms with Gasteiger partial charge in [0.2, 0.25) is 0 Å². The molecule has 2 unspecified atom stereocenters. The number of aliphatic hydroxyl groups excluding tert-OH is 1. The topological polar surface area (TPSA) is 72.9 Å². The summed E-state index contributed by atoms with van der Waals surface area (Å²) in [5.41, 5.74) is 1.35. The summed E-state index contributed by atoms with van der Waals surface area (Å²) >= 11 is 7.09. The first-order valence-corrected chi connectivity index (χ1v) is 10.5. The van der Waals surface area contributed by atoms with E-state index in [2.05, 4.69) is 17.3 Å². The first-order valence-electron chi connectivity index (χ1n) is 9.34. The van der Waals surface area contributed by atoms with E-state index in [9.17, 15) is 14.7 Å². The number of hydrogen-bond donors (Lipinski definition) is 2. The van der Waals surface area contributed by atoms with Crippen LogP contribution < -0.4 is 5.32 Å². The van der Waals surface area contributed by atoms with Gasteiger partial charge < -0.3 is 20.2 Å².